The molecule has 0 saturated heterocycles. The predicted octanol–water partition coefficient (Wildman–Crippen LogP) is 1.96. The zero-order valence-electron chi connectivity index (χ0n) is 7.48. The Balaban J connectivity index is 4.52. The van der Waals surface area contributed by atoms with Gasteiger partial charge in [0.05, 0.1) is 0 Å². The lowest BCUT2D eigenvalue weighted by Gasteiger charge is -2.32. The summed E-state index contributed by atoms with van der Waals surface area (Å²) in [6, 6.07) is 0. The summed E-state index contributed by atoms with van der Waals surface area (Å²) in [5.74, 6) is -1.32. The van der Waals surface area contributed by atoms with E-state index >= 15 is 0 Å². The van der Waals surface area contributed by atoms with Crippen LogP contribution < -0.4 is 0 Å². The van der Waals surface area contributed by atoms with Crippen LogP contribution in [0.15, 0.2) is 0 Å². The number of rotatable bonds is 1. The molecule has 0 unspecified atom stereocenters. The largest absolute Gasteiger partial charge is 0.352 e. The van der Waals surface area contributed by atoms with Crippen LogP contribution >= 0.6 is 0 Å². The monoisotopic (exact) mass is 158 g/mol. The highest BCUT2D eigenvalue weighted by Gasteiger charge is 2.39. The van der Waals surface area contributed by atoms with Crippen molar-refractivity contribution < 1.29 is 9.50 Å². The van der Waals surface area contributed by atoms with E-state index in [1.165, 1.54) is 0 Å². The Labute approximate surface area is 67.6 Å². The molecule has 2 heteroatoms. The van der Waals surface area contributed by atoms with E-state index in [-0.39, 0.29) is 5.41 Å². The average Bonchev–Trinajstić information content (AvgIpc) is 1.84. The van der Waals surface area contributed by atoms with Crippen molar-refractivity contribution in [2.75, 3.05) is 0 Å². The van der Waals surface area contributed by atoms with Gasteiger partial charge in [0.25, 0.3) is 5.85 Å². The van der Waals surface area contributed by atoms with E-state index < -0.39 is 11.8 Å². The van der Waals surface area contributed by atoms with E-state index in [1.807, 2.05) is 20.8 Å². The number of alkyl halides is 1. The SMILES string of the molecule is C#C[C@](O)(F)[C@H](C)C(C)(C)C. The summed E-state index contributed by atoms with van der Waals surface area (Å²) < 4.78 is 13.0. The fourth-order valence-electron chi connectivity index (χ4n) is 0.699. The Bertz CT molecular complexity index is 171. The maximum Gasteiger partial charge on any atom is 0.272 e. The van der Waals surface area contributed by atoms with Gasteiger partial charge in [-0.05, 0) is 11.3 Å². The Morgan fingerprint density at radius 3 is 1.91 bits per heavy atom. The third-order valence-electron chi connectivity index (χ3n) is 2.08. The standard InChI is InChI=1S/C9H15FO/c1-6-9(10,11)7(2)8(3,4)5/h1,7,11H,2-5H3/t7-,9-/m1/s1. The summed E-state index contributed by atoms with van der Waals surface area (Å²) in [6.07, 6.45) is 4.83. The predicted molar refractivity (Wildman–Crippen MR) is 43.5 cm³/mol. The number of halogens is 1. The van der Waals surface area contributed by atoms with E-state index in [1.54, 1.807) is 12.8 Å². The van der Waals surface area contributed by atoms with Gasteiger partial charge in [0.2, 0.25) is 0 Å². The van der Waals surface area contributed by atoms with Gasteiger partial charge in [-0.3, -0.25) is 0 Å². The molecule has 0 fully saturated rings. The Kier molecular flexibility index (Phi) is 2.69. The molecule has 0 aliphatic carbocycles. The lowest BCUT2D eigenvalue weighted by Crippen LogP contribution is -2.37. The van der Waals surface area contributed by atoms with E-state index in [2.05, 4.69) is 0 Å². The molecule has 0 rings (SSSR count). The average molecular weight is 158 g/mol. The molecular formula is C9H15FO. The van der Waals surface area contributed by atoms with Crippen LogP contribution in [0.2, 0.25) is 0 Å². The van der Waals surface area contributed by atoms with E-state index in [9.17, 15) is 4.39 Å². The van der Waals surface area contributed by atoms with Crippen molar-refractivity contribution >= 4 is 0 Å². The molecule has 0 aromatic carbocycles. The molecule has 11 heavy (non-hydrogen) atoms. The number of hydrogen-bond donors (Lipinski definition) is 1. The highest BCUT2D eigenvalue weighted by Crippen LogP contribution is 2.34. The van der Waals surface area contributed by atoms with Gasteiger partial charge in [0.15, 0.2) is 0 Å². The zero-order valence-corrected chi connectivity index (χ0v) is 7.48. The third-order valence-corrected chi connectivity index (χ3v) is 2.08. The van der Waals surface area contributed by atoms with E-state index in [4.69, 9.17) is 11.5 Å². The third kappa shape index (κ3) is 2.51. The second-order valence-electron chi connectivity index (χ2n) is 3.91. The topological polar surface area (TPSA) is 20.2 Å². The van der Waals surface area contributed by atoms with Crippen molar-refractivity contribution in [2.24, 2.45) is 11.3 Å². The molecule has 2 atom stereocenters. The lowest BCUT2D eigenvalue weighted by atomic mass is 9.78. The smallest absolute Gasteiger partial charge is 0.272 e. The maximum atomic E-state index is 13.0. The van der Waals surface area contributed by atoms with E-state index in [0.29, 0.717) is 0 Å². The van der Waals surface area contributed by atoms with Gasteiger partial charge in [-0.15, -0.1) is 6.42 Å². The Hall–Kier alpha value is -0.550. The maximum absolute atomic E-state index is 13.0. The molecule has 0 radical (unpaired) electrons. The number of aliphatic hydroxyl groups is 1. The fourth-order valence-corrected chi connectivity index (χ4v) is 0.699. The minimum Gasteiger partial charge on any atom is -0.352 e. The highest BCUT2D eigenvalue weighted by molar-refractivity contribution is 5.05. The first kappa shape index (κ1) is 10.4. The summed E-state index contributed by atoms with van der Waals surface area (Å²) in [7, 11) is 0. The minimum absolute atomic E-state index is 0.324. The van der Waals surface area contributed by atoms with Crippen LogP contribution in [-0.4, -0.2) is 11.0 Å². The van der Waals surface area contributed by atoms with Gasteiger partial charge >= 0.3 is 0 Å². The van der Waals surface area contributed by atoms with Gasteiger partial charge in [-0.2, -0.15) is 4.39 Å². The second-order valence-corrected chi connectivity index (χ2v) is 3.91. The minimum atomic E-state index is -2.49. The molecule has 0 bridgehead atoms. The van der Waals surface area contributed by atoms with Crippen LogP contribution in [0.3, 0.4) is 0 Å². The summed E-state index contributed by atoms with van der Waals surface area (Å²) in [6.45, 7) is 7.10. The quantitative estimate of drug-likeness (QED) is 0.578. The van der Waals surface area contributed by atoms with Crippen LogP contribution in [0.25, 0.3) is 0 Å². The zero-order chi connectivity index (χ0) is 9.28. The lowest BCUT2D eigenvalue weighted by molar-refractivity contribution is -0.108. The number of hydrogen-bond acceptors (Lipinski definition) is 1. The van der Waals surface area contributed by atoms with Crippen molar-refractivity contribution in [2.45, 2.75) is 33.5 Å². The number of terminal acetylenes is 1. The van der Waals surface area contributed by atoms with Crippen LogP contribution in [0.1, 0.15) is 27.7 Å². The summed E-state index contributed by atoms with van der Waals surface area (Å²) >= 11 is 0. The van der Waals surface area contributed by atoms with Gasteiger partial charge in [0.1, 0.15) is 0 Å². The van der Waals surface area contributed by atoms with Gasteiger partial charge in [0, 0.05) is 5.92 Å². The molecule has 0 aliphatic heterocycles. The van der Waals surface area contributed by atoms with Crippen molar-refractivity contribution in [3.05, 3.63) is 0 Å². The molecule has 0 amide bonds. The Morgan fingerprint density at radius 1 is 1.45 bits per heavy atom. The van der Waals surface area contributed by atoms with Gasteiger partial charge < -0.3 is 5.11 Å². The van der Waals surface area contributed by atoms with Gasteiger partial charge in [-0.25, -0.2) is 0 Å². The Morgan fingerprint density at radius 2 is 1.82 bits per heavy atom. The van der Waals surface area contributed by atoms with E-state index in [0.717, 1.165) is 0 Å². The molecular weight excluding hydrogens is 143 g/mol. The molecule has 0 heterocycles. The molecule has 0 saturated carbocycles. The highest BCUT2D eigenvalue weighted by atomic mass is 19.2. The van der Waals surface area contributed by atoms with Crippen molar-refractivity contribution in [3.8, 4) is 12.3 Å². The van der Waals surface area contributed by atoms with Crippen molar-refractivity contribution in [1.29, 1.82) is 0 Å². The van der Waals surface area contributed by atoms with Crippen LogP contribution in [0.5, 0.6) is 0 Å². The molecule has 0 aromatic rings. The first-order chi connectivity index (χ1) is 4.72. The summed E-state index contributed by atoms with van der Waals surface area (Å²) in [5, 5.41) is 9.02. The second kappa shape index (κ2) is 2.83. The molecule has 64 valence electrons. The normalized spacial score (nSPS) is 20.1. The molecule has 0 aliphatic rings. The molecule has 1 N–H and O–H groups in total. The summed E-state index contributed by atoms with van der Waals surface area (Å²) in [4.78, 5) is 0. The van der Waals surface area contributed by atoms with Crippen molar-refractivity contribution in [3.63, 3.8) is 0 Å². The van der Waals surface area contributed by atoms with Crippen LogP contribution in [0.4, 0.5) is 4.39 Å². The first-order valence-electron chi connectivity index (χ1n) is 3.61. The van der Waals surface area contributed by atoms with Crippen LogP contribution in [0, 0.1) is 23.7 Å². The van der Waals surface area contributed by atoms with Gasteiger partial charge in [-0.1, -0.05) is 27.7 Å². The fraction of sp³-hybridized carbons (Fsp3) is 0.778. The first-order valence-corrected chi connectivity index (χ1v) is 3.61. The van der Waals surface area contributed by atoms with Crippen molar-refractivity contribution in [1.82, 2.24) is 0 Å². The van der Waals surface area contributed by atoms with Crippen LogP contribution in [-0.2, 0) is 0 Å². The molecule has 0 spiro atoms. The summed E-state index contributed by atoms with van der Waals surface area (Å²) in [5.41, 5.74) is -0.324. The molecule has 0 aromatic heterocycles. The molecule has 1 nitrogen and oxygen atoms in total.